The average molecular weight is 268 g/mol. The molecule has 12 heteroatoms. The molecule has 0 aliphatic rings. The molecule has 0 saturated heterocycles. The normalized spacial score (nSPS) is 14.6. The van der Waals surface area contributed by atoms with Gasteiger partial charge in [0.1, 0.15) is 0 Å². The molecule has 0 bridgehead atoms. The zero-order valence-electron chi connectivity index (χ0n) is 6.70. The van der Waals surface area contributed by atoms with Crippen molar-refractivity contribution in [1.82, 2.24) is 0 Å². The van der Waals surface area contributed by atoms with Crippen molar-refractivity contribution in [3.63, 3.8) is 0 Å². The number of halogens is 9. The lowest BCUT2D eigenvalue weighted by molar-refractivity contribution is -0.593. The van der Waals surface area contributed by atoms with Crippen molar-refractivity contribution in [2.45, 2.75) is 25.2 Å². The summed E-state index contributed by atoms with van der Waals surface area (Å²) in [7, 11) is 0. The van der Waals surface area contributed by atoms with Crippen LogP contribution in [0.25, 0.3) is 0 Å². The van der Waals surface area contributed by atoms with Crippen molar-refractivity contribution in [3.05, 3.63) is 0 Å². The largest absolute Gasteiger partial charge is 0.517 e. The monoisotopic (exact) mass is 268 g/mol. The summed E-state index contributed by atoms with van der Waals surface area (Å²) in [5.74, 6) is 0. The van der Waals surface area contributed by atoms with Gasteiger partial charge in [-0.15, -0.1) is 13.7 Å². The Morgan fingerprint density at radius 2 is 1.25 bits per heavy atom. The van der Waals surface area contributed by atoms with E-state index in [1.807, 2.05) is 4.74 Å². The minimum absolute atomic E-state index is 1.87. The van der Waals surface area contributed by atoms with E-state index in [-0.39, 0.29) is 0 Å². The highest BCUT2D eigenvalue weighted by molar-refractivity contribution is 4.64. The smallest absolute Gasteiger partial charge is 0.220 e. The van der Waals surface area contributed by atoms with Crippen LogP contribution in [0.2, 0.25) is 0 Å². The molecule has 0 aromatic rings. The van der Waals surface area contributed by atoms with Crippen LogP contribution >= 0.6 is 0 Å². The minimum Gasteiger partial charge on any atom is -0.220 e. The fourth-order valence-electron chi connectivity index (χ4n) is 0.316. The van der Waals surface area contributed by atoms with Crippen LogP contribution in [-0.2, 0) is 14.5 Å². The number of rotatable bonds is 5. The molecule has 3 nitrogen and oxygen atoms in total. The van der Waals surface area contributed by atoms with Crippen LogP contribution in [0, 0.1) is 0 Å². The van der Waals surface area contributed by atoms with Crippen molar-refractivity contribution < 1.29 is 54.0 Å². The molecule has 0 radical (unpaired) electrons. The lowest BCUT2D eigenvalue weighted by Gasteiger charge is -2.23. The molecule has 0 aliphatic carbocycles. The van der Waals surface area contributed by atoms with Gasteiger partial charge >= 0.3 is 25.2 Å². The number of ether oxygens (including phenoxy) is 1. The summed E-state index contributed by atoms with van der Waals surface area (Å²) < 4.78 is 105. The fourth-order valence-corrected chi connectivity index (χ4v) is 0.316. The lowest BCUT2D eigenvalue weighted by Crippen LogP contribution is -2.45. The molecule has 0 atom stereocenters. The molecule has 0 N–H and O–H groups in total. The van der Waals surface area contributed by atoms with Gasteiger partial charge in [0.25, 0.3) is 0 Å². The maximum Gasteiger partial charge on any atom is 0.517 e. The predicted octanol–water partition coefficient (Wildman–Crippen LogP) is 2.88. The maximum absolute atomic E-state index is 11.9. The zero-order valence-corrected chi connectivity index (χ0v) is 6.70. The second-order valence-corrected chi connectivity index (χ2v) is 2.02. The Bertz CT molecular complexity index is 223. The standard InChI is InChI=1S/C4HF9O3/c5-1(6)14-16-4(12,13)15-3(10,11)2(7,8)9/h1H. The van der Waals surface area contributed by atoms with Crippen molar-refractivity contribution in [2.24, 2.45) is 0 Å². The molecule has 0 fully saturated rings. The molecule has 0 unspecified atom stereocenters. The van der Waals surface area contributed by atoms with E-state index in [4.69, 9.17) is 0 Å². The predicted molar refractivity (Wildman–Crippen MR) is 25.2 cm³/mol. The first kappa shape index (κ1) is 15.2. The Balaban J connectivity index is 4.46. The summed E-state index contributed by atoms with van der Waals surface area (Å²) in [6, 6.07) is 0. The first-order valence-corrected chi connectivity index (χ1v) is 3.02. The van der Waals surface area contributed by atoms with Crippen molar-refractivity contribution in [2.75, 3.05) is 0 Å². The van der Waals surface area contributed by atoms with Gasteiger partial charge < -0.3 is 0 Å². The van der Waals surface area contributed by atoms with Gasteiger partial charge in [0.15, 0.2) is 0 Å². The van der Waals surface area contributed by atoms with E-state index in [1.54, 1.807) is 0 Å². The van der Waals surface area contributed by atoms with Gasteiger partial charge in [-0.2, -0.15) is 35.6 Å². The fraction of sp³-hybridized carbons (Fsp3) is 1.00. The van der Waals surface area contributed by atoms with Crippen molar-refractivity contribution in [1.29, 1.82) is 0 Å². The minimum atomic E-state index is -6.47. The maximum atomic E-state index is 11.9. The van der Waals surface area contributed by atoms with Crippen molar-refractivity contribution >= 4 is 0 Å². The van der Waals surface area contributed by atoms with Crippen LogP contribution < -0.4 is 0 Å². The van der Waals surface area contributed by atoms with E-state index in [1.165, 1.54) is 0 Å². The van der Waals surface area contributed by atoms with Crippen LogP contribution in [0.15, 0.2) is 0 Å². The molecule has 0 aliphatic heterocycles. The second kappa shape index (κ2) is 4.63. The molecular formula is C4HF9O3. The summed E-state index contributed by atoms with van der Waals surface area (Å²) in [6.07, 6.45) is -18.5. The summed E-state index contributed by atoms with van der Waals surface area (Å²) in [4.78, 5) is 4.59. The number of hydrogen-bond acceptors (Lipinski definition) is 3. The van der Waals surface area contributed by atoms with E-state index in [0.717, 1.165) is 0 Å². The second-order valence-electron chi connectivity index (χ2n) is 2.02. The van der Waals surface area contributed by atoms with E-state index < -0.39 is 25.2 Å². The molecule has 0 amide bonds. The van der Waals surface area contributed by atoms with Gasteiger partial charge in [0, 0.05) is 0 Å². The van der Waals surface area contributed by atoms with Crippen LogP contribution in [-0.4, -0.2) is 25.2 Å². The van der Waals surface area contributed by atoms with Gasteiger partial charge in [-0.05, 0) is 0 Å². The highest BCUT2D eigenvalue weighted by Crippen LogP contribution is 2.40. The summed E-state index contributed by atoms with van der Waals surface area (Å²) in [6.45, 7) is -3.98. The van der Waals surface area contributed by atoms with E-state index in [2.05, 4.69) is 9.78 Å². The van der Waals surface area contributed by atoms with Crippen LogP contribution in [0.5, 0.6) is 0 Å². The Kier molecular flexibility index (Phi) is 4.41. The molecular weight excluding hydrogens is 267 g/mol. The van der Waals surface area contributed by atoms with E-state index in [9.17, 15) is 39.5 Å². The van der Waals surface area contributed by atoms with Crippen LogP contribution in [0.4, 0.5) is 39.5 Å². The molecule has 0 aromatic heterocycles. The third kappa shape index (κ3) is 4.85. The van der Waals surface area contributed by atoms with Gasteiger partial charge in [-0.3, -0.25) is 0 Å². The Hall–Kier alpha value is -0.750. The lowest BCUT2D eigenvalue weighted by atomic mass is 10.6. The quantitative estimate of drug-likeness (QED) is 0.332. The summed E-state index contributed by atoms with van der Waals surface area (Å²) >= 11 is 0. The Morgan fingerprint density at radius 3 is 1.56 bits per heavy atom. The Labute approximate surface area is 80.6 Å². The van der Waals surface area contributed by atoms with Gasteiger partial charge in [-0.25, -0.2) is 4.74 Å². The van der Waals surface area contributed by atoms with Crippen LogP contribution in [0.3, 0.4) is 0 Å². The van der Waals surface area contributed by atoms with E-state index in [0.29, 0.717) is 0 Å². The SMILES string of the molecule is FC(F)OOC(F)(F)OC(F)(F)C(F)(F)F. The zero-order chi connectivity index (χ0) is 13.2. The number of alkyl halides is 9. The third-order valence-corrected chi connectivity index (χ3v) is 0.795. The first-order valence-electron chi connectivity index (χ1n) is 3.02. The summed E-state index contributed by atoms with van der Waals surface area (Å²) in [5, 5.41) is 0. The molecule has 16 heavy (non-hydrogen) atoms. The van der Waals surface area contributed by atoms with Crippen molar-refractivity contribution in [3.8, 4) is 0 Å². The van der Waals surface area contributed by atoms with Crippen LogP contribution in [0.1, 0.15) is 0 Å². The highest BCUT2D eigenvalue weighted by atomic mass is 19.4. The summed E-state index contributed by atoms with van der Waals surface area (Å²) in [5.41, 5.74) is 0. The van der Waals surface area contributed by atoms with Gasteiger partial charge in [0.2, 0.25) is 0 Å². The first-order chi connectivity index (χ1) is 6.87. The highest BCUT2D eigenvalue weighted by Gasteiger charge is 2.65. The Morgan fingerprint density at radius 1 is 0.812 bits per heavy atom. The molecule has 0 saturated carbocycles. The molecule has 0 spiro atoms. The topological polar surface area (TPSA) is 27.7 Å². The van der Waals surface area contributed by atoms with Gasteiger partial charge in [0.05, 0.1) is 0 Å². The molecule has 0 aromatic carbocycles. The van der Waals surface area contributed by atoms with E-state index >= 15 is 0 Å². The van der Waals surface area contributed by atoms with Gasteiger partial charge in [-0.1, -0.05) is 0 Å². The molecule has 98 valence electrons. The molecule has 0 heterocycles. The third-order valence-electron chi connectivity index (χ3n) is 0.795. The average Bonchev–Trinajstić information content (AvgIpc) is 1.96. The number of hydrogen-bond donors (Lipinski definition) is 0. The molecule has 0 rings (SSSR count).